The van der Waals surface area contributed by atoms with Crippen molar-refractivity contribution >= 4 is 17.0 Å². The SMILES string of the molecule is CC[C@]1(C)OC(=O)N(CCc2c[nH]c3ccccc23)[C@]1(C)O. The lowest BCUT2D eigenvalue weighted by Crippen LogP contribution is -2.55. The number of H-pyrrole nitrogens is 1. The van der Waals surface area contributed by atoms with Gasteiger partial charge in [0, 0.05) is 23.6 Å². The lowest BCUT2D eigenvalue weighted by atomic mass is 9.90. The molecule has 2 heterocycles. The van der Waals surface area contributed by atoms with Crippen molar-refractivity contribution in [2.75, 3.05) is 6.54 Å². The standard InChI is InChI=1S/C17H22N2O3/c1-4-16(2)17(3,21)19(15(20)22-16)10-9-12-11-18-14-8-6-5-7-13(12)14/h5-8,11,18,21H,4,9-10H2,1-3H3/t16-,17+/m0/s1. The monoisotopic (exact) mass is 302 g/mol. The van der Waals surface area contributed by atoms with Crippen LogP contribution in [0.15, 0.2) is 30.5 Å². The number of para-hydroxylation sites is 1. The van der Waals surface area contributed by atoms with Crippen molar-refractivity contribution in [3.05, 3.63) is 36.0 Å². The van der Waals surface area contributed by atoms with E-state index in [1.165, 1.54) is 4.90 Å². The zero-order valence-electron chi connectivity index (χ0n) is 13.2. The molecular formula is C17H22N2O3. The van der Waals surface area contributed by atoms with Crippen LogP contribution in [0.2, 0.25) is 0 Å². The molecule has 22 heavy (non-hydrogen) atoms. The molecule has 118 valence electrons. The Morgan fingerprint density at radius 1 is 1.32 bits per heavy atom. The summed E-state index contributed by atoms with van der Waals surface area (Å²) in [5.74, 6) is 0. The van der Waals surface area contributed by atoms with Crippen LogP contribution in [0.1, 0.15) is 32.8 Å². The number of aromatic nitrogens is 1. The Labute approximate surface area is 129 Å². The van der Waals surface area contributed by atoms with Crippen molar-refractivity contribution in [2.45, 2.75) is 44.9 Å². The molecule has 2 atom stereocenters. The van der Waals surface area contributed by atoms with Gasteiger partial charge in [-0.15, -0.1) is 0 Å². The van der Waals surface area contributed by atoms with Crippen LogP contribution in [0.5, 0.6) is 0 Å². The highest BCUT2D eigenvalue weighted by atomic mass is 16.6. The van der Waals surface area contributed by atoms with Gasteiger partial charge in [0.25, 0.3) is 0 Å². The van der Waals surface area contributed by atoms with Gasteiger partial charge in [0.05, 0.1) is 0 Å². The third-order valence-corrected chi connectivity index (χ3v) is 5.01. The third-order valence-electron chi connectivity index (χ3n) is 5.01. The zero-order valence-corrected chi connectivity index (χ0v) is 13.2. The first-order chi connectivity index (χ1) is 10.4. The predicted octanol–water partition coefficient (Wildman–Crippen LogP) is 3.04. The zero-order chi connectivity index (χ0) is 16.0. The Morgan fingerprint density at radius 3 is 2.73 bits per heavy atom. The van der Waals surface area contributed by atoms with Crippen molar-refractivity contribution < 1.29 is 14.6 Å². The minimum Gasteiger partial charge on any atom is -0.438 e. The quantitative estimate of drug-likeness (QED) is 0.912. The van der Waals surface area contributed by atoms with Gasteiger partial charge in [-0.05, 0) is 38.3 Å². The molecule has 2 N–H and O–H groups in total. The maximum absolute atomic E-state index is 12.1. The molecule has 5 heteroatoms. The molecule has 0 spiro atoms. The molecule has 1 fully saturated rings. The Balaban J connectivity index is 1.80. The van der Waals surface area contributed by atoms with E-state index in [1.807, 2.05) is 31.3 Å². The van der Waals surface area contributed by atoms with Gasteiger partial charge >= 0.3 is 6.09 Å². The second-order valence-electron chi connectivity index (χ2n) is 6.23. The molecule has 5 nitrogen and oxygen atoms in total. The molecular weight excluding hydrogens is 280 g/mol. The van der Waals surface area contributed by atoms with E-state index >= 15 is 0 Å². The number of cyclic esters (lactones) is 1. The molecule has 1 aromatic heterocycles. The van der Waals surface area contributed by atoms with Gasteiger partial charge in [-0.25, -0.2) is 4.79 Å². The number of amides is 1. The number of ether oxygens (including phenoxy) is 1. The van der Waals surface area contributed by atoms with Crippen LogP contribution in [-0.2, 0) is 11.2 Å². The highest BCUT2D eigenvalue weighted by Crippen LogP contribution is 2.39. The van der Waals surface area contributed by atoms with Crippen LogP contribution in [0.3, 0.4) is 0 Å². The number of fused-ring (bicyclic) bond motifs is 1. The first-order valence-corrected chi connectivity index (χ1v) is 7.67. The van der Waals surface area contributed by atoms with Gasteiger partial charge in [0.1, 0.15) is 0 Å². The van der Waals surface area contributed by atoms with E-state index in [-0.39, 0.29) is 0 Å². The number of nitrogens with one attached hydrogen (secondary N) is 1. The van der Waals surface area contributed by atoms with Crippen molar-refractivity contribution in [3.63, 3.8) is 0 Å². The van der Waals surface area contributed by atoms with E-state index in [0.29, 0.717) is 19.4 Å². The number of benzene rings is 1. The minimum absolute atomic E-state index is 0.420. The van der Waals surface area contributed by atoms with E-state index in [2.05, 4.69) is 11.1 Å². The summed E-state index contributed by atoms with van der Waals surface area (Å²) >= 11 is 0. The highest BCUT2D eigenvalue weighted by Gasteiger charge is 2.57. The third kappa shape index (κ3) is 2.08. The summed E-state index contributed by atoms with van der Waals surface area (Å²) in [5.41, 5.74) is 0.0332. The van der Waals surface area contributed by atoms with Crippen molar-refractivity contribution in [1.82, 2.24) is 9.88 Å². The first-order valence-electron chi connectivity index (χ1n) is 7.67. The second kappa shape index (κ2) is 5.02. The number of carbonyl (C=O) groups is 1. The number of rotatable bonds is 4. The predicted molar refractivity (Wildman–Crippen MR) is 84.5 cm³/mol. The maximum Gasteiger partial charge on any atom is 0.412 e. The summed E-state index contributed by atoms with van der Waals surface area (Å²) in [6.07, 6.45) is 2.73. The number of nitrogens with zero attached hydrogens (tertiary/aromatic N) is 1. The molecule has 1 aliphatic heterocycles. The Hall–Kier alpha value is -2.01. The highest BCUT2D eigenvalue weighted by molar-refractivity contribution is 5.83. The lowest BCUT2D eigenvalue weighted by Gasteiger charge is -2.36. The van der Waals surface area contributed by atoms with Crippen molar-refractivity contribution in [1.29, 1.82) is 0 Å². The van der Waals surface area contributed by atoms with Gasteiger partial charge in [0.2, 0.25) is 0 Å². The normalized spacial score (nSPS) is 28.4. The van der Waals surface area contributed by atoms with Crippen LogP contribution in [0, 0.1) is 0 Å². The largest absolute Gasteiger partial charge is 0.438 e. The molecule has 3 rings (SSSR count). The van der Waals surface area contributed by atoms with Crippen LogP contribution in [-0.4, -0.2) is 39.0 Å². The topological polar surface area (TPSA) is 65.6 Å². The Morgan fingerprint density at radius 2 is 2.05 bits per heavy atom. The van der Waals surface area contributed by atoms with Crippen LogP contribution in [0.4, 0.5) is 4.79 Å². The number of hydrogen-bond donors (Lipinski definition) is 2. The molecule has 0 unspecified atom stereocenters. The smallest absolute Gasteiger partial charge is 0.412 e. The molecule has 1 saturated heterocycles. The molecule has 2 aromatic rings. The Bertz CT molecular complexity index is 707. The molecule has 1 amide bonds. The maximum atomic E-state index is 12.1. The summed E-state index contributed by atoms with van der Waals surface area (Å²) in [7, 11) is 0. The number of aliphatic hydroxyl groups is 1. The molecule has 0 radical (unpaired) electrons. The first kappa shape index (κ1) is 14.9. The Kier molecular flexibility index (Phi) is 3.40. The average molecular weight is 302 g/mol. The molecule has 1 aromatic carbocycles. The van der Waals surface area contributed by atoms with Crippen molar-refractivity contribution in [3.8, 4) is 0 Å². The second-order valence-corrected chi connectivity index (χ2v) is 6.23. The molecule has 0 bridgehead atoms. The van der Waals surface area contributed by atoms with Crippen LogP contribution in [0.25, 0.3) is 10.9 Å². The molecule has 0 aliphatic carbocycles. The fraction of sp³-hybridized carbons (Fsp3) is 0.471. The van der Waals surface area contributed by atoms with Gasteiger partial charge < -0.3 is 14.8 Å². The number of carbonyl (C=O) groups excluding carboxylic acids is 1. The van der Waals surface area contributed by atoms with E-state index in [0.717, 1.165) is 16.5 Å². The van der Waals surface area contributed by atoms with Crippen molar-refractivity contribution in [2.24, 2.45) is 0 Å². The van der Waals surface area contributed by atoms with E-state index in [1.54, 1.807) is 13.8 Å². The van der Waals surface area contributed by atoms with Gasteiger partial charge in [-0.2, -0.15) is 0 Å². The van der Waals surface area contributed by atoms with Gasteiger partial charge in [0.15, 0.2) is 11.3 Å². The number of aromatic amines is 1. The lowest BCUT2D eigenvalue weighted by molar-refractivity contribution is -0.137. The summed E-state index contributed by atoms with van der Waals surface area (Å²) in [6.45, 7) is 5.75. The van der Waals surface area contributed by atoms with Crippen LogP contribution >= 0.6 is 0 Å². The summed E-state index contributed by atoms with van der Waals surface area (Å²) in [5, 5.41) is 11.9. The fourth-order valence-corrected chi connectivity index (χ4v) is 3.09. The average Bonchev–Trinajstić information content (AvgIpc) is 2.96. The number of hydrogen-bond acceptors (Lipinski definition) is 3. The minimum atomic E-state index is -1.30. The van der Waals surface area contributed by atoms with Gasteiger partial charge in [-0.3, -0.25) is 4.90 Å². The fourth-order valence-electron chi connectivity index (χ4n) is 3.09. The molecule has 0 saturated carbocycles. The summed E-state index contributed by atoms with van der Waals surface area (Å²) in [6, 6.07) is 8.05. The summed E-state index contributed by atoms with van der Waals surface area (Å²) < 4.78 is 5.41. The molecule has 1 aliphatic rings. The van der Waals surface area contributed by atoms with E-state index in [4.69, 9.17) is 4.74 Å². The summed E-state index contributed by atoms with van der Waals surface area (Å²) in [4.78, 5) is 16.8. The van der Waals surface area contributed by atoms with E-state index < -0.39 is 17.4 Å². The van der Waals surface area contributed by atoms with Crippen LogP contribution < -0.4 is 0 Å². The van der Waals surface area contributed by atoms with E-state index in [9.17, 15) is 9.90 Å². The van der Waals surface area contributed by atoms with Gasteiger partial charge in [-0.1, -0.05) is 25.1 Å².